The number of nitrogens with one attached hydrogen (secondary N) is 1. The summed E-state index contributed by atoms with van der Waals surface area (Å²) < 4.78 is 0. The van der Waals surface area contributed by atoms with Crippen LogP contribution < -0.4 is 0 Å². The van der Waals surface area contributed by atoms with E-state index < -0.39 is 0 Å². The van der Waals surface area contributed by atoms with Gasteiger partial charge >= 0.3 is 0 Å². The van der Waals surface area contributed by atoms with Gasteiger partial charge in [-0.25, -0.2) is 0 Å². The zero-order chi connectivity index (χ0) is 10.1. The molecule has 1 N–H and O–H groups in total. The maximum Gasteiger partial charge on any atom is 0.101 e. The standard InChI is InChI=1S/C11H9ClN2/c1-2-7-5-8-9(6-13)10(12)3-4-11(8)14-7/h3-5,14H,2H2,1H3. The molecular formula is C11H9ClN2. The highest BCUT2D eigenvalue weighted by atomic mass is 35.5. The van der Waals surface area contributed by atoms with Crippen LogP contribution in [0.15, 0.2) is 18.2 Å². The van der Waals surface area contributed by atoms with E-state index in [0.717, 1.165) is 23.0 Å². The number of aromatic amines is 1. The Kier molecular flexibility index (Phi) is 2.18. The number of nitriles is 1. The summed E-state index contributed by atoms with van der Waals surface area (Å²) in [6.45, 7) is 2.07. The Morgan fingerprint density at radius 2 is 2.29 bits per heavy atom. The van der Waals surface area contributed by atoms with Gasteiger partial charge in [0.25, 0.3) is 0 Å². The first-order valence-corrected chi connectivity index (χ1v) is 4.84. The summed E-state index contributed by atoms with van der Waals surface area (Å²) in [6, 6.07) is 7.76. The summed E-state index contributed by atoms with van der Waals surface area (Å²) in [5, 5.41) is 10.4. The first-order chi connectivity index (χ1) is 6.76. The molecule has 0 saturated carbocycles. The van der Waals surface area contributed by atoms with E-state index in [-0.39, 0.29) is 0 Å². The van der Waals surface area contributed by atoms with Gasteiger partial charge in [-0.1, -0.05) is 18.5 Å². The molecule has 14 heavy (non-hydrogen) atoms. The third kappa shape index (κ3) is 1.26. The normalized spacial score (nSPS) is 10.4. The van der Waals surface area contributed by atoms with Gasteiger partial charge in [-0.3, -0.25) is 0 Å². The average molecular weight is 205 g/mol. The summed E-state index contributed by atoms with van der Waals surface area (Å²) in [7, 11) is 0. The molecule has 0 unspecified atom stereocenters. The number of nitrogens with zero attached hydrogens (tertiary/aromatic N) is 1. The van der Waals surface area contributed by atoms with E-state index in [1.807, 2.05) is 12.1 Å². The van der Waals surface area contributed by atoms with Gasteiger partial charge < -0.3 is 4.98 Å². The zero-order valence-electron chi connectivity index (χ0n) is 7.76. The highest BCUT2D eigenvalue weighted by molar-refractivity contribution is 6.32. The van der Waals surface area contributed by atoms with E-state index in [9.17, 15) is 0 Å². The van der Waals surface area contributed by atoms with Gasteiger partial charge in [0.2, 0.25) is 0 Å². The molecule has 1 aromatic heterocycles. The molecule has 0 saturated heterocycles. The summed E-state index contributed by atoms with van der Waals surface area (Å²) in [5.74, 6) is 0. The summed E-state index contributed by atoms with van der Waals surface area (Å²) in [5.41, 5.74) is 2.65. The number of aryl methyl sites for hydroxylation is 1. The average Bonchev–Trinajstić information content (AvgIpc) is 2.60. The van der Waals surface area contributed by atoms with Gasteiger partial charge in [-0.15, -0.1) is 0 Å². The van der Waals surface area contributed by atoms with Crippen LogP contribution in [-0.4, -0.2) is 4.98 Å². The second-order valence-corrected chi connectivity index (χ2v) is 3.55. The number of H-pyrrole nitrogens is 1. The van der Waals surface area contributed by atoms with Crippen molar-refractivity contribution in [1.29, 1.82) is 5.26 Å². The third-order valence-corrected chi connectivity index (χ3v) is 2.62. The molecule has 2 nitrogen and oxygen atoms in total. The molecule has 0 bridgehead atoms. The molecule has 2 rings (SSSR count). The fourth-order valence-corrected chi connectivity index (χ4v) is 1.75. The molecule has 0 fully saturated rings. The van der Waals surface area contributed by atoms with Gasteiger partial charge in [-0.2, -0.15) is 5.26 Å². The van der Waals surface area contributed by atoms with Crippen LogP contribution in [0.2, 0.25) is 5.02 Å². The first-order valence-electron chi connectivity index (χ1n) is 4.46. The third-order valence-electron chi connectivity index (χ3n) is 2.30. The lowest BCUT2D eigenvalue weighted by molar-refractivity contribution is 1.07. The SMILES string of the molecule is CCc1cc2c(C#N)c(Cl)ccc2[nH]1. The molecule has 1 aromatic carbocycles. The number of hydrogen-bond acceptors (Lipinski definition) is 1. The van der Waals surface area contributed by atoms with Crippen molar-refractivity contribution in [3.63, 3.8) is 0 Å². The highest BCUT2D eigenvalue weighted by Crippen LogP contribution is 2.26. The van der Waals surface area contributed by atoms with Gasteiger partial charge in [0.1, 0.15) is 6.07 Å². The van der Waals surface area contributed by atoms with Crippen molar-refractivity contribution in [3.05, 3.63) is 34.5 Å². The Balaban J connectivity index is 2.81. The van der Waals surface area contributed by atoms with E-state index in [2.05, 4.69) is 18.0 Å². The van der Waals surface area contributed by atoms with Gasteiger partial charge in [0.05, 0.1) is 10.6 Å². The monoisotopic (exact) mass is 204 g/mol. The summed E-state index contributed by atoms with van der Waals surface area (Å²) >= 11 is 5.92. The Hall–Kier alpha value is -1.46. The topological polar surface area (TPSA) is 39.6 Å². The second-order valence-electron chi connectivity index (χ2n) is 3.14. The van der Waals surface area contributed by atoms with E-state index >= 15 is 0 Å². The molecule has 0 aliphatic carbocycles. The molecule has 0 aliphatic rings. The fourth-order valence-electron chi connectivity index (χ4n) is 1.54. The van der Waals surface area contributed by atoms with Crippen molar-refractivity contribution >= 4 is 22.5 Å². The number of rotatable bonds is 1. The largest absolute Gasteiger partial charge is 0.358 e. The van der Waals surface area contributed by atoms with Crippen molar-refractivity contribution in [2.24, 2.45) is 0 Å². The fraction of sp³-hybridized carbons (Fsp3) is 0.182. The number of aromatic nitrogens is 1. The number of halogens is 1. The molecule has 1 heterocycles. The van der Waals surface area contributed by atoms with Crippen LogP contribution in [0.1, 0.15) is 18.2 Å². The smallest absolute Gasteiger partial charge is 0.101 e. The molecule has 0 spiro atoms. The zero-order valence-corrected chi connectivity index (χ0v) is 8.52. The minimum atomic E-state index is 0.515. The maximum absolute atomic E-state index is 8.95. The van der Waals surface area contributed by atoms with Crippen molar-refractivity contribution in [3.8, 4) is 6.07 Å². The Labute approximate surface area is 87.1 Å². The van der Waals surface area contributed by atoms with Crippen LogP contribution in [0.25, 0.3) is 10.9 Å². The Morgan fingerprint density at radius 1 is 1.50 bits per heavy atom. The van der Waals surface area contributed by atoms with Gasteiger partial charge in [0, 0.05) is 16.6 Å². The lowest BCUT2D eigenvalue weighted by Crippen LogP contribution is -1.77. The minimum Gasteiger partial charge on any atom is -0.358 e. The van der Waals surface area contributed by atoms with Crippen molar-refractivity contribution < 1.29 is 0 Å². The van der Waals surface area contributed by atoms with Crippen LogP contribution in [0.4, 0.5) is 0 Å². The molecular weight excluding hydrogens is 196 g/mol. The van der Waals surface area contributed by atoms with Crippen LogP contribution in [-0.2, 0) is 6.42 Å². The molecule has 3 heteroatoms. The van der Waals surface area contributed by atoms with Crippen LogP contribution in [0, 0.1) is 11.3 Å². The molecule has 0 aliphatic heterocycles. The van der Waals surface area contributed by atoms with Gasteiger partial charge in [-0.05, 0) is 24.6 Å². The van der Waals surface area contributed by atoms with Crippen LogP contribution in [0.3, 0.4) is 0 Å². The van der Waals surface area contributed by atoms with Crippen molar-refractivity contribution in [2.75, 3.05) is 0 Å². The Bertz CT molecular complexity index is 520. The van der Waals surface area contributed by atoms with Crippen molar-refractivity contribution in [1.82, 2.24) is 4.98 Å². The molecule has 0 atom stereocenters. The molecule has 0 radical (unpaired) electrons. The highest BCUT2D eigenvalue weighted by Gasteiger charge is 2.07. The number of benzene rings is 1. The summed E-state index contributed by atoms with van der Waals surface area (Å²) in [6.07, 6.45) is 0.928. The predicted octanol–water partition coefficient (Wildman–Crippen LogP) is 3.26. The summed E-state index contributed by atoms with van der Waals surface area (Å²) in [4.78, 5) is 3.24. The molecule has 0 amide bonds. The van der Waals surface area contributed by atoms with Crippen molar-refractivity contribution in [2.45, 2.75) is 13.3 Å². The van der Waals surface area contributed by atoms with E-state index in [1.165, 1.54) is 0 Å². The first kappa shape index (κ1) is 9.11. The lowest BCUT2D eigenvalue weighted by atomic mass is 10.1. The van der Waals surface area contributed by atoms with E-state index in [0.29, 0.717) is 10.6 Å². The van der Waals surface area contributed by atoms with E-state index in [4.69, 9.17) is 16.9 Å². The minimum absolute atomic E-state index is 0.515. The second kappa shape index (κ2) is 3.36. The van der Waals surface area contributed by atoms with Gasteiger partial charge in [0.15, 0.2) is 0 Å². The number of fused-ring (bicyclic) bond motifs is 1. The molecule has 2 aromatic rings. The Morgan fingerprint density at radius 3 is 2.93 bits per heavy atom. The van der Waals surface area contributed by atoms with Crippen LogP contribution >= 0.6 is 11.6 Å². The number of hydrogen-bond donors (Lipinski definition) is 1. The van der Waals surface area contributed by atoms with E-state index in [1.54, 1.807) is 6.07 Å². The maximum atomic E-state index is 8.95. The lowest BCUT2D eigenvalue weighted by Gasteiger charge is -1.95. The molecule has 70 valence electrons. The predicted molar refractivity (Wildman–Crippen MR) is 57.4 cm³/mol. The van der Waals surface area contributed by atoms with Crippen LogP contribution in [0.5, 0.6) is 0 Å². The quantitative estimate of drug-likeness (QED) is 0.761.